The topological polar surface area (TPSA) is 262 Å². The normalized spacial score (nSPS) is 13.1. The van der Waals surface area contributed by atoms with Gasteiger partial charge in [-0.1, -0.05) is 0 Å². The number of carboxylic acids is 4. The van der Waals surface area contributed by atoms with Crippen molar-refractivity contribution in [2.75, 3.05) is 13.1 Å². The molecule has 11 N–H and O–H groups in total. The number of rotatable bonds is 7. The Bertz CT molecular complexity index is 367. The fourth-order valence-electron chi connectivity index (χ4n) is 0.523. The highest BCUT2D eigenvalue weighted by atomic mass is 16.4. The summed E-state index contributed by atoms with van der Waals surface area (Å²) in [6.45, 7) is 1.19. The zero-order chi connectivity index (χ0) is 19.2. The van der Waals surface area contributed by atoms with Gasteiger partial charge in [0, 0.05) is 13.1 Å². The molecular weight excluding hydrogens is 324 g/mol. The molecule has 0 aromatic rings. The summed E-state index contributed by atoms with van der Waals surface area (Å²) >= 11 is 0. The van der Waals surface area contributed by atoms with E-state index in [1.54, 1.807) is 0 Å². The van der Waals surface area contributed by atoms with Crippen LogP contribution in [0.25, 0.3) is 0 Å². The second kappa shape index (κ2) is 14.6. The molecule has 136 valence electrons. The first-order chi connectivity index (χ1) is 10.4. The van der Waals surface area contributed by atoms with Crippen molar-refractivity contribution in [3.8, 4) is 0 Å². The minimum absolute atomic E-state index is 0.597. The number of hydrogen-bond donors (Lipinski definition) is 9. The predicted molar refractivity (Wildman–Crippen MR) is 71.3 cm³/mol. The summed E-state index contributed by atoms with van der Waals surface area (Å²) in [4.78, 5) is 39.0. The van der Waals surface area contributed by atoms with Crippen LogP contribution in [0.1, 0.15) is 6.42 Å². The second-order valence-corrected chi connectivity index (χ2v) is 3.60. The molecule has 3 unspecified atom stereocenters. The van der Waals surface area contributed by atoms with E-state index in [1.165, 1.54) is 0 Å². The Hall–Kier alpha value is -2.32. The van der Waals surface area contributed by atoms with Gasteiger partial charge in [-0.15, -0.1) is 0 Å². The van der Waals surface area contributed by atoms with Gasteiger partial charge in [0.1, 0.15) is 0 Å². The first kappa shape index (κ1) is 25.6. The summed E-state index contributed by atoms with van der Waals surface area (Å²) in [5.74, 6) is -6.38. The molecular formula is C10H20N2O11. The molecule has 23 heavy (non-hydrogen) atoms. The van der Waals surface area contributed by atoms with E-state index in [-0.39, 0.29) is 0 Å². The highest BCUT2D eigenvalue weighted by molar-refractivity contribution is 5.83. The van der Waals surface area contributed by atoms with Crippen LogP contribution < -0.4 is 11.5 Å². The second-order valence-electron chi connectivity index (χ2n) is 3.60. The Morgan fingerprint density at radius 3 is 1.09 bits per heavy atom. The molecule has 0 saturated carbocycles. The van der Waals surface area contributed by atoms with Crippen LogP contribution in [0.15, 0.2) is 0 Å². The lowest BCUT2D eigenvalue weighted by atomic mass is 10.2. The fourth-order valence-corrected chi connectivity index (χ4v) is 0.523. The van der Waals surface area contributed by atoms with Crippen molar-refractivity contribution in [3.63, 3.8) is 0 Å². The maximum Gasteiger partial charge on any atom is 0.335 e. The largest absolute Gasteiger partial charge is 0.481 e. The quantitative estimate of drug-likeness (QED) is 0.212. The van der Waals surface area contributed by atoms with Crippen LogP contribution in [0.2, 0.25) is 0 Å². The Kier molecular flexibility index (Phi) is 16.3. The lowest BCUT2D eigenvalue weighted by Gasteiger charge is -2.07. The molecule has 0 rings (SSSR count). The number of aliphatic carboxylic acids is 4. The van der Waals surface area contributed by atoms with E-state index < -0.39 is 48.6 Å². The third kappa shape index (κ3) is 17.6. The first-order valence-electron chi connectivity index (χ1n) is 5.76. The molecule has 0 aliphatic rings. The molecule has 0 radical (unpaired) electrons. The molecule has 0 aliphatic heterocycles. The average molecular weight is 344 g/mol. The van der Waals surface area contributed by atoms with Crippen LogP contribution in [-0.4, -0.2) is 91.0 Å². The van der Waals surface area contributed by atoms with E-state index in [1.807, 2.05) is 0 Å². The van der Waals surface area contributed by atoms with E-state index in [0.29, 0.717) is 13.1 Å². The fraction of sp³-hybridized carbons (Fsp3) is 0.600. The van der Waals surface area contributed by atoms with Crippen LogP contribution in [0.5, 0.6) is 0 Å². The van der Waals surface area contributed by atoms with Gasteiger partial charge in [0.25, 0.3) is 0 Å². The summed E-state index contributed by atoms with van der Waals surface area (Å²) in [6, 6.07) is 0. The maximum absolute atomic E-state index is 9.77. The Balaban J connectivity index is -0.000000284. The van der Waals surface area contributed by atoms with E-state index in [2.05, 4.69) is 0 Å². The van der Waals surface area contributed by atoms with Gasteiger partial charge in [0.05, 0.1) is 6.42 Å². The molecule has 0 saturated heterocycles. The van der Waals surface area contributed by atoms with Gasteiger partial charge in [0.2, 0.25) is 0 Å². The molecule has 0 aromatic carbocycles. The lowest BCUT2D eigenvalue weighted by Crippen LogP contribution is -2.39. The van der Waals surface area contributed by atoms with Gasteiger partial charge in [-0.2, -0.15) is 0 Å². The molecule has 0 spiro atoms. The van der Waals surface area contributed by atoms with Gasteiger partial charge in [-0.3, -0.25) is 4.79 Å². The molecule has 0 aromatic heterocycles. The minimum atomic E-state index is -2.27. The highest BCUT2D eigenvalue weighted by Crippen LogP contribution is 1.92. The van der Waals surface area contributed by atoms with Crippen LogP contribution in [0.4, 0.5) is 0 Å². The van der Waals surface area contributed by atoms with Crippen LogP contribution in [0.3, 0.4) is 0 Å². The first-order valence-corrected chi connectivity index (χ1v) is 5.76. The van der Waals surface area contributed by atoms with Crippen LogP contribution in [0, 0.1) is 0 Å². The van der Waals surface area contributed by atoms with Gasteiger partial charge in [-0.05, 0) is 0 Å². The van der Waals surface area contributed by atoms with E-state index in [4.69, 9.17) is 47.2 Å². The zero-order valence-corrected chi connectivity index (χ0v) is 11.8. The number of nitrogens with two attached hydrogens (primary N) is 2. The summed E-state index contributed by atoms with van der Waals surface area (Å²) in [5.41, 5.74) is 9.81. The number of aliphatic hydroxyl groups is 3. The Morgan fingerprint density at radius 1 is 0.696 bits per heavy atom. The monoisotopic (exact) mass is 344 g/mol. The number of carbonyl (C=O) groups is 4. The molecule has 13 heteroatoms. The van der Waals surface area contributed by atoms with Crippen LogP contribution >= 0.6 is 0 Å². The third-order valence-electron chi connectivity index (χ3n) is 1.62. The van der Waals surface area contributed by atoms with Crippen molar-refractivity contribution in [2.24, 2.45) is 11.5 Å². The van der Waals surface area contributed by atoms with Gasteiger partial charge < -0.3 is 47.2 Å². The third-order valence-corrected chi connectivity index (χ3v) is 1.62. The predicted octanol–water partition coefficient (Wildman–Crippen LogP) is -4.31. The van der Waals surface area contributed by atoms with E-state index >= 15 is 0 Å². The summed E-state index contributed by atoms with van der Waals surface area (Å²) in [7, 11) is 0. The van der Waals surface area contributed by atoms with E-state index in [9.17, 15) is 19.2 Å². The van der Waals surface area contributed by atoms with Crippen LogP contribution in [-0.2, 0) is 19.2 Å². The van der Waals surface area contributed by atoms with Gasteiger partial charge in [0.15, 0.2) is 18.3 Å². The van der Waals surface area contributed by atoms with E-state index in [0.717, 1.165) is 0 Å². The molecule has 3 atom stereocenters. The molecule has 0 heterocycles. The number of hydrogen-bond acceptors (Lipinski definition) is 9. The standard InChI is InChI=1S/C4H6O6.C4H6O5.C2H8N2/c5-1(3(7)8)2(6)4(9)10;5-2(4(8)9)1-3(6)7;3-1-2-4/h1-2,5-6H,(H,7,8)(H,9,10);2,5H,1H2,(H,6,7)(H,8,9);1-4H2. The Labute approximate surface area is 129 Å². The van der Waals surface area contributed by atoms with Crippen molar-refractivity contribution in [3.05, 3.63) is 0 Å². The average Bonchev–Trinajstić information content (AvgIpc) is 2.45. The van der Waals surface area contributed by atoms with Crippen molar-refractivity contribution in [2.45, 2.75) is 24.7 Å². The Morgan fingerprint density at radius 2 is 1.00 bits per heavy atom. The number of carboxylic acid groups (broad SMARTS) is 4. The molecule has 0 fully saturated rings. The smallest absolute Gasteiger partial charge is 0.335 e. The van der Waals surface area contributed by atoms with Crippen molar-refractivity contribution < 1.29 is 54.9 Å². The SMILES string of the molecule is NCCN.O=C(O)C(O)C(O)C(=O)O.O=C(O)CC(O)C(=O)O. The zero-order valence-electron chi connectivity index (χ0n) is 11.8. The summed E-state index contributed by atoms with van der Waals surface area (Å²) in [6.07, 6.45) is -7.08. The van der Waals surface area contributed by atoms with Crippen molar-refractivity contribution in [1.82, 2.24) is 0 Å². The summed E-state index contributed by atoms with van der Waals surface area (Å²) in [5, 5.41) is 56.7. The maximum atomic E-state index is 9.77. The molecule has 0 bridgehead atoms. The van der Waals surface area contributed by atoms with Gasteiger partial charge >= 0.3 is 23.9 Å². The molecule has 0 amide bonds. The molecule has 13 nitrogen and oxygen atoms in total. The van der Waals surface area contributed by atoms with Crippen molar-refractivity contribution >= 4 is 23.9 Å². The lowest BCUT2D eigenvalue weighted by molar-refractivity contribution is -0.165. The van der Waals surface area contributed by atoms with Gasteiger partial charge in [-0.25, -0.2) is 14.4 Å². The number of aliphatic hydroxyl groups excluding tert-OH is 3. The molecule has 0 aliphatic carbocycles. The highest BCUT2D eigenvalue weighted by Gasteiger charge is 2.29. The van der Waals surface area contributed by atoms with Crippen molar-refractivity contribution in [1.29, 1.82) is 0 Å². The summed E-state index contributed by atoms with van der Waals surface area (Å²) < 4.78 is 0. The minimum Gasteiger partial charge on any atom is -0.481 e.